The summed E-state index contributed by atoms with van der Waals surface area (Å²) < 4.78 is 13.2. The Bertz CT molecular complexity index is 1060. The van der Waals surface area contributed by atoms with Crippen LogP contribution in [0.2, 0.25) is 0 Å². The van der Waals surface area contributed by atoms with Crippen LogP contribution in [0.4, 0.5) is 10.1 Å². The molecule has 2 N–H and O–H groups in total. The molecular weight excluding hydrogens is 393 g/mol. The second-order valence-corrected chi connectivity index (χ2v) is 7.97. The first-order valence-corrected chi connectivity index (χ1v) is 10.4. The molecule has 2 aromatic carbocycles. The van der Waals surface area contributed by atoms with E-state index in [0.29, 0.717) is 18.0 Å². The summed E-state index contributed by atoms with van der Waals surface area (Å²) in [5.41, 5.74) is 4.63. The molecule has 1 aliphatic heterocycles. The van der Waals surface area contributed by atoms with Crippen molar-refractivity contribution in [3.8, 4) is 11.1 Å². The van der Waals surface area contributed by atoms with Crippen LogP contribution in [0.25, 0.3) is 11.1 Å². The number of likely N-dealkylation sites (tertiary alicyclic amines) is 1. The summed E-state index contributed by atoms with van der Waals surface area (Å²) in [6.07, 6.45) is 6.42. The molecule has 0 spiro atoms. The number of hydrogen-bond acceptors (Lipinski definition) is 4. The van der Waals surface area contributed by atoms with E-state index in [2.05, 4.69) is 45.6 Å². The molecular formula is C24H26FN5O. The Morgan fingerprint density at radius 3 is 2.81 bits per heavy atom. The van der Waals surface area contributed by atoms with Crippen molar-refractivity contribution in [3.05, 3.63) is 71.8 Å². The average Bonchev–Trinajstić information content (AvgIpc) is 3.43. The fraction of sp³-hybridized carbons (Fsp3) is 0.292. The molecule has 31 heavy (non-hydrogen) atoms. The van der Waals surface area contributed by atoms with Crippen LogP contribution in [0, 0.1) is 11.7 Å². The molecule has 0 saturated carbocycles. The van der Waals surface area contributed by atoms with E-state index in [1.54, 1.807) is 25.4 Å². The van der Waals surface area contributed by atoms with Crippen LogP contribution in [-0.4, -0.2) is 53.4 Å². The number of H-pyrrole nitrogens is 1. The second-order valence-electron chi connectivity index (χ2n) is 7.97. The van der Waals surface area contributed by atoms with Gasteiger partial charge in [0.25, 0.3) is 5.91 Å². The molecule has 4 rings (SSSR count). The van der Waals surface area contributed by atoms with Crippen molar-refractivity contribution in [1.82, 2.24) is 15.1 Å². The zero-order valence-corrected chi connectivity index (χ0v) is 17.7. The van der Waals surface area contributed by atoms with Gasteiger partial charge in [0.2, 0.25) is 0 Å². The molecule has 6 nitrogen and oxygen atoms in total. The van der Waals surface area contributed by atoms with Crippen LogP contribution < -0.4 is 5.32 Å². The molecule has 1 aromatic heterocycles. The van der Waals surface area contributed by atoms with Gasteiger partial charge in [-0.05, 0) is 61.2 Å². The normalized spacial score (nSPS) is 18.6. The summed E-state index contributed by atoms with van der Waals surface area (Å²) in [6.45, 7) is 3.50. The third-order valence-electron chi connectivity index (χ3n) is 5.75. The molecule has 3 aromatic rings. The molecule has 2 heterocycles. The predicted molar refractivity (Wildman–Crippen MR) is 121 cm³/mol. The summed E-state index contributed by atoms with van der Waals surface area (Å²) in [5, 5.41) is 10.4. The minimum atomic E-state index is -0.335. The van der Waals surface area contributed by atoms with Gasteiger partial charge in [0, 0.05) is 61.0 Å². The van der Waals surface area contributed by atoms with Crippen LogP contribution in [0.15, 0.2) is 59.9 Å². The number of nitrogens with one attached hydrogen (secondary N) is 2. The maximum atomic E-state index is 13.2. The molecule has 7 heteroatoms. The summed E-state index contributed by atoms with van der Waals surface area (Å²) in [5.74, 6) is -0.0454. The van der Waals surface area contributed by atoms with Crippen molar-refractivity contribution < 1.29 is 9.18 Å². The number of rotatable bonds is 6. The van der Waals surface area contributed by atoms with Crippen molar-refractivity contribution in [2.24, 2.45) is 10.9 Å². The van der Waals surface area contributed by atoms with Gasteiger partial charge in [-0.3, -0.25) is 14.9 Å². The Morgan fingerprint density at radius 1 is 1.29 bits per heavy atom. The van der Waals surface area contributed by atoms with Gasteiger partial charge in [0.1, 0.15) is 5.82 Å². The third-order valence-corrected chi connectivity index (χ3v) is 5.75. The molecule has 1 saturated heterocycles. The largest absolute Gasteiger partial charge is 0.384 e. The smallest absolute Gasteiger partial charge is 0.254 e. The minimum absolute atomic E-state index is 0.0433. The third kappa shape index (κ3) is 4.66. The Kier molecular flexibility index (Phi) is 6.11. The highest BCUT2D eigenvalue weighted by Crippen LogP contribution is 2.27. The number of carbonyl (C=O) groups is 1. The Morgan fingerprint density at radius 2 is 2.10 bits per heavy atom. The minimum Gasteiger partial charge on any atom is -0.384 e. The van der Waals surface area contributed by atoms with E-state index in [-0.39, 0.29) is 17.8 Å². The van der Waals surface area contributed by atoms with Gasteiger partial charge >= 0.3 is 0 Å². The average molecular weight is 420 g/mol. The SMILES string of the molecule is C/N=C\c1cc(-c2cn[nH]c2)ccc1NC[C@@H]1C[C@H](C)N(C(=O)c2ccc(F)cc2)C1. The van der Waals surface area contributed by atoms with Crippen molar-refractivity contribution in [1.29, 1.82) is 0 Å². The zero-order chi connectivity index (χ0) is 21.8. The Balaban J connectivity index is 1.42. The number of aliphatic imine (C=N–C) groups is 1. The Labute approximate surface area is 181 Å². The molecule has 2 atom stereocenters. The number of anilines is 1. The van der Waals surface area contributed by atoms with E-state index >= 15 is 0 Å². The molecule has 0 unspecified atom stereocenters. The highest BCUT2D eigenvalue weighted by Gasteiger charge is 2.32. The van der Waals surface area contributed by atoms with Crippen LogP contribution in [0.1, 0.15) is 29.3 Å². The van der Waals surface area contributed by atoms with Gasteiger partial charge in [-0.1, -0.05) is 6.07 Å². The Hall–Kier alpha value is -3.48. The highest BCUT2D eigenvalue weighted by molar-refractivity contribution is 5.94. The van der Waals surface area contributed by atoms with Crippen molar-refractivity contribution in [3.63, 3.8) is 0 Å². The number of hydrogen-bond donors (Lipinski definition) is 2. The van der Waals surface area contributed by atoms with Gasteiger partial charge in [-0.2, -0.15) is 5.10 Å². The number of benzene rings is 2. The molecule has 1 amide bonds. The number of aromatic amines is 1. The lowest BCUT2D eigenvalue weighted by Gasteiger charge is -2.21. The van der Waals surface area contributed by atoms with Gasteiger partial charge in [0.05, 0.1) is 6.20 Å². The van der Waals surface area contributed by atoms with E-state index in [0.717, 1.165) is 35.3 Å². The second kappa shape index (κ2) is 9.12. The van der Waals surface area contributed by atoms with Gasteiger partial charge < -0.3 is 10.2 Å². The van der Waals surface area contributed by atoms with Crippen LogP contribution in [-0.2, 0) is 0 Å². The van der Waals surface area contributed by atoms with Crippen molar-refractivity contribution in [2.45, 2.75) is 19.4 Å². The first-order chi connectivity index (χ1) is 15.0. The standard InChI is InChI=1S/C24H26FN5O/c1-16-9-17(15-30(16)24(31)18-3-6-22(25)7-4-18)11-27-23-8-5-19(10-20(23)12-26-2)21-13-28-29-14-21/h3-8,10,12-14,16-17,27H,9,11,15H2,1-2H3,(H,28,29)/b26-12-/t16-,17-/m0/s1. The fourth-order valence-corrected chi connectivity index (χ4v) is 4.14. The lowest BCUT2D eigenvalue weighted by Crippen LogP contribution is -2.34. The van der Waals surface area contributed by atoms with E-state index in [1.807, 2.05) is 17.3 Å². The number of aromatic nitrogens is 2. The van der Waals surface area contributed by atoms with E-state index in [9.17, 15) is 9.18 Å². The van der Waals surface area contributed by atoms with Crippen LogP contribution >= 0.6 is 0 Å². The number of carbonyl (C=O) groups excluding carboxylic acids is 1. The fourth-order valence-electron chi connectivity index (χ4n) is 4.14. The number of nitrogens with zero attached hydrogens (tertiary/aromatic N) is 3. The number of amides is 1. The summed E-state index contributed by atoms with van der Waals surface area (Å²) in [7, 11) is 1.76. The quantitative estimate of drug-likeness (QED) is 0.588. The first kappa shape index (κ1) is 20.8. The monoisotopic (exact) mass is 419 g/mol. The molecule has 160 valence electrons. The van der Waals surface area contributed by atoms with Crippen LogP contribution in [0.5, 0.6) is 0 Å². The lowest BCUT2D eigenvalue weighted by atomic mass is 10.0. The topological polar surface area (TPSA) is 73.4 Å². The van der Waals surface area contributed by atoms with Crippen LogP contribution in [0.3, 0.4) is 0 Å². The van der Waals surface area contributed by atoms with E-state index in [1.165, 1.54) is 12.1 Å². The molecule has 1 aliphatic rings. The van der Waals surface area contributed by atoms with Gasteiger partial charge in [-0.25, -0.2) is 4.39 Å². The maximum Gasteiger partial charge on any atom is 0.254 e. The zero-order valence-electron chi connectivity index (χ0n) is 17.7. The predicted octanol–water partition coefficient (Wildman–Crippen LogP) is 4.23. The van der Waals surface area contributed by atoms with E-state index < -0.39 is 0 Å². The lowest BCUT2D eigenvalue weighted by molar-refractivity contribution is 0.0743. The highest BCUT2D eigenvalue weighted by atomic mass is 19.1. The summed E-state index contributed by atoms with van der Waals surface area (Å²) >= 11 is 0. The summed E-state index contributed by atoms with van der Waals surface area (Å²) in [6, 6.07) is 12.1. The van der Waals surface area contributed by atoms with Crippen molar-refractivity contribution >= 4 is 17.8 Å². The first-order valence-electron chi connectivity index (χ1n) is 10.4. The summed E-state index contributed by atoms with van der Waals surface area (Å²) in [4.78, 5) is 18.9. The van der Waals surface area contributed by atoms with Crippen molar-refractivity contribution in [2.75, 3.05) is 25.5 Å². The maximum absolute atomic E-state index is 13.2. The molecule has 0 bridgehead atoms. The molecule has 0 aliphatic carbocycles. The number of halogens is 1. The molecule has 1 fully saturated rings. The van der Waals surface area contributed by atoms with Gasteiger partial charge in [0.15, 0.2) is 0 Å². The molecule has 0 radical (unpaired) electrons. The van der Waals surface area contributed by atoms with Gasteiger partial charge in [-0.15, -0.1) is 0 Å². The van der Waals surface area contributed by atoms with E-state index in [4.69, 9.17) is 0 Å².